The van der Waals surface area contributed by atoms with Gasteiger partial charge in [-0.3, -0.25) is 4.90 Å². The minimum Gasteiger partial charge on any atom is -0.312 e. The van der Waals surface area contributed by atoms with Crippen molar-refractivity contribution < 1.29 is 17.6 Å². The molecule has 4 rings (SSSR count). The molecule has 0 spiro atoms. The molecule has 1 aliphatic heterocycles. The van der Waals surface area contributed by atoms with Crippen LogP contribution in [-0.4, -0.2) is 27.5 Å². The van der Waals surface area contributed by atoms with E-state index in [2.05, 4.69) is 4.98 Å². The third-order valence-corrected chi connectivity index (χ3v) is 6.49. The number of rotatable bonds is 7. The predicted molar refractivity (Wildman–Crippen MR) is 131 cm³/mol. The standard InChI is InChI=1S/C26H29ClF4N4/c1-4-9-33(15-19-7-5-8-20(28)14-19)16-22-24(26(29,30)31)32-25-34(22)10-6-11-35(25)23-18(3)12-17(2)13-21(23)27/h5,7-8,12-14H,4,6,9-11,15-16H2,1-3H3. The number of hydrogen-bond acceptors (Lipinski definition) is 3. The summed E-state index contributed by atoms with van der Waals surface area (Å²) in [5, 5.41) is 0.493. The predicted octanol–water partition coefficient (Wildman–Crippen LogP) is 7.27. The first-order valence-corrected chi connectivity index (χ1v) is 12.1. The van der Waals surface area contributed by atoms with E-state index in [1.807, 2.05) is 37.8 Å². The molecular formula is C26H29ClF4N4. The minimum absolute atomic E-state index is 0.0562. The highest BCUT2D eigenvalue weighted by Crippen LogP contribution is 2.41. The first-order chi connectivity index (χ1) is 16.6. The van der Waals surface area contributed by atoms with Crippen molar-refractivity contribution in [2.75, 3.05) is 18.0 Å². The highest BCUT2D eigenvalue weighted by Gasteiger charge is 2.41. The molecule has 188 valence electrons. The second-order valence-corrected chi connectivity index (χ2v) is 9.52. The smallest absolute Gasteiger partial charge is 0.312 e. The molecule has 4 nitrogen and oxygen atoms in total. The van der Waals surface area contributed by atoms with Crippen LogP contribution in [0.25, 0.3) is 0 Å². The van der Waals surface area contributed by atoms with Crippen molar-refractivity contribution in [2.45, 2.75) is 59.4 Å². The van der Waals surface area contributed by atoms with Crippen molar-refractivity contribution in [3.8, 4) is 0 Å². The summed E-state index contributed by atoms with van der Waals surface area (Å²) in [4.78, 5) is 7.85. The number of anilines is 2. The van der Waals surface area contributed by atoms with Crippen LogP contribution < -0.4 is 4.90 Å². The third-order valence-electron chi connectivity index (χ3n) is 6.20. The van der Waals surface area contributed by atoms with Crippen LogP contribution in [-0.2, 0) is 25.8 Å². The van der Waals surface area contributed by atoms with Crippen molar-refractivity contribution in [1.29, 1.82) is 0 Å². The van der Waals surface area contributed by atoms with Gasteiger partial charge in [0.05, 0.1) is 16.4 Å². The van der Waals surface area contributed by atoms with Crippen LogP contribution >= 0.6 is 11.6 Å². The topological polar surface area (TPSA) is 24.3 Å². The van der Waals surface area contributed by atoms with E-state index in [1.54, 1.807) is 21.6 Å². The van der Waals surface area contributed by atoms with Crippen molar-refractivity contribution in [3.05, 3.63) is 75.3 Å². The molecule has 0 bridgehead atoms. The number of imidazole rings is 1. The van der Waals surface area contributed by atoms with Gasteiger partial charge in [0.2, 0.25) is 5.95 Å². The van der Waals surface area contributed by atoms with Crippen LogP contribution in [0, 0.1) is 19.7 Å². The zero-order valence-electron chi connectivity index (χ0n) is 20.1. The summed E-state index contributed by atoms with van der Waals surface area (Å²) in [6.45, 7) is 7.74. The van der Waals surface area contributed by atoms with E-state index in [4.69, 9.17) is 11.6 Å². The fourth-order valence-electron chi connectivity index (χ4n) is 4.89. The number of halogens is 5. The molecule has 3 aromatic rings. The summed E-state index contributed by atoms with van der Waals surface area (Å²) in [5.41, 5.74) is 2.53. The van der Waals surface area contributed by atoms with Gasteiger partial charge < -0.3 is 9.47 Å². The Bertz CT molecular complexity index is 1180. The fraction of sp³-hybridized carbons (Fsp3) is 0.423. The van der Waals surface area contributed by atoms with Crippen molar-refractivity contribution in [3.63, 3.8) is 0 Å². The molecule has 2 heterocycles. The van der Waals surface area contributed by atoms with Gasteiger partial charge >= 0.3 is 6.18 Å². The van der Waals surface area contributed by atoms with E-state index in [1.165, 1.54) is 12.1 Å². The number of aryl methyl sites for hydroxylation is 2. The number of benzene rings is 2. The average molecular weight is 509 g/mol. The molecule has 0 fully saturated rings. The molecule has 0 atom stereocenters. The Balaban J connectivity index is 1.76. The maximum absolute atomic E-state index is 14.2. The normalized spacial score (nSPS) is 14.0. The summed E-state index contributed by atoms with van der Waals surface area (Å²) in [6, 6.07) is 9.96. The van der Waals surface area contributed by atoms with Crippen molar-refractivity contribution >= 4 is 23.2 Å². The lowest BCUT2D eigenvalue weighted by Gasteiger charge is -2.32. The van der Waals surface area contributed by atoms with Gasteiger partial charge in [0.25, 0.3) is 0 Å². The molecule has 0 unspecified atom stereocenters. The second-order valence-electron chi connectivity index (χ2n) is 9.11. The van der Waals surface area contributed by atoms with Crippen LogP contribution in [0.1, 0.15) is 47.8 Å². The number of nitrogens with zero attached hydrogens (tertiary/aromatic N) is 4. The van der Waals surface area contributed by atoms with Crippen LogP contribution in [0.5, 0.6) is 0 Å². The molecule has 0 amide bonds. The van der Waals surface area contributed by atoms with Crippen LogP contribution in [0.3, 0.4) is 0 Å². The Labute approximate surface area is 208 Å². The van der Waals surface area contributed by atoms with E-state index in [9.17, 15) is 17.6 Å². The SMILES string of the molecule is CCCN(Cc1cccc(F)c1)Cc1c(C(F)(F)F)nc2n1CCCN2c1c(C)cc(C)cc1Cl. The molecule has 1 aliphatic rings. The molecule has 0 aliphatic carbocycles. The Morgan fingerprint density at radius 2 is 1.86 bits per heavy atom. The molecule has 35 heavy (non-hydrogen) atoms. The van der Waals surface area contributed by atoms with E-state index in [-0.39, 0.29) is 24.0 Å². The average Bonchev–Trinajstić information content (AvgIpc) is 3.13. The molecule has 0 saturated heterocycles. The van der Waals surface area contributed by atoms with E-state index < -0.39 is 11.9 Å². The summed E-state index contributed by atoms with van der Waals surface area (Å²) in [6.07, 6.45) is -3.19. The largest absolute Gasteiger partial charge is 0.435 e. The van der Waals surface area contributed by atoms with Gasteiger partial charge in [-0.1, -0.05) is 36.7 Å². The zero-order chi connectivity index (χ0) is 25.3. The Morgan fingerprint density at radius 3 is 2.51 bits per heavy atom. The van der Waals surface area contributed by atoms with Crippen LogP contribution in [0.2, 0.25) is 5.02 Å². The number of aromatic nitrogens is 2. The Hall–Kier alpha value is -2.58. The fourth-order valence-corrected chi connectivity index (χ4v) is 5.31. The van der Waals surface area contributed by atoms with E-state index >= 15 is 0 Å². The first-order valence-electron chi connectivity index (χ1n) is 11.8. The van der Waals surface area contributed by atoms with Crippen molar-refractivity contribution in [1.82, 2.24) is 14.5 Å². The monoisotopic (exact) mass is 508 g/mol. The molecule has 0 saturated carbocycles. The van der Waals surface area contributed by atoms with Gasteiger partial charge in [-0.15, -0.1) is 0 Å². The Morgan fingerprint density at radius 1 is 1.09 bits per heavy atom. The second kappa shape index (κ2) is 10.2. The highest BCUT2D eigenvalue weighted by atomic mass is 35.5. The highest BCUT2D eigenvalue weighted by molar-refractivity contribution is 6.33. The van der Waals surface area contributed by atoms with Gasteiger partial charge in [0, 0.05) is 26.2 Å². The van der Waals surface area contributed by atoms with Gasteiger partial charge in [-0.2, -0.15) is 13.2 Å². The summed E-state index contributed by atoms with van der Waals surface area (Å²) in [5.74, 6) is -0.104. The van der Waals surface area contributed by atoms with Crippen LogP contribution in [0.15, 0.2) is 36.4 Å². The van der Waals surface area contributed by atoms with Gasteiger partial charge in [0.1, 0.15) is 5.82 Å². The summed E-state index contributed by atoms with van der Waals surface area (Å²) < 4.78 is 58.0. The van der Waals surface area contributed by atoms with E-state index in [0.717, 1.165) is 17.5 Å². The third kappa shape index (κ3) is 5.48. The lowest BCUT2D eigenvalue weighted by atomic mass is 10.1. The molecule has 9 heteroatoms. The van der Waals surface area contributed by atoms with E-state index in [0.29, 0.717) is 48.9 Å². The zero-order valence-corrected chi connectivity index (χ0v) is 20.8. The Kier molecular flexibility index (Phi) is 7.43. The van der Waals surface area contributed by atoms with Gasteiger partial charge in [-0.05, 0) is 68.1 Å². The molecule has 2 aromatic carbocycles. The molecule has 0 radical (unpaired) electrons. The van der Waals surface area contributed by atoms with Gasteiger partial charge in [-0.25, -0.2) is 9.37 Å². The maximum atomic E-state index is 14.2. The quantitative estimate of drug-likeness (QED) is 0.314. The lowest BCUT2D eigenvalue weighted by molar-refractivity contribution is -0.141. The lowest BCUT2D eigenvalue weighted by Crippen LogP contribution is -2.31. The molecule has 1 aromatic heterocycles. The number of fused-ring (bicyclic) bond motifs is 1. The summed E-state index contributed by atoms with van der Waals surface area (Å²) in [7, 11) is 0. The summed E-state index contributed by atoms with van der Waals surface area (Å²) >= 11 is 6.56. The molecule has 0 N–H and O–H groups in total. The van der Waals surface area contributed by atoms with Gasteiger partial charge in [0.15, 0.2) is 5.69 Å². The number of hydrogen-bond donors (Lipinski definition) is 0. The number of alkyl halides is 3. The minimum atomic E-state index is -4.60. The maximum Gasteiger partial charge on any atom is 0.435 e. The molecular weight excluding hydrogens is 480 g/mol. The van der Waals surface area contributed by atoms with Crippen molar-refractivity contribution in [2.24, 2.45) is 0 Å². The first kappa shape index (κ1) is 25.5. The van der Waals surface area contributed by atoms with Crippen LogP contribution in [0.4, 0.5) is 29.2 Å².